The molecule has 0 atom stereocenters. The molecule has 1 amide bonds. The normalized spacial score (nSPS) is 15.9. The largest absolute Gasteiger partial charge is 0.454 e. The number of amides is 1. The maximum Gasteiger partial charge on any atom is 0.416 e. The lowest BCUT2D eigenvalue weighted by Crippen LogP contribution is -2.28. The third kappa shape index (κ3) is 3.91. The predicted octanol–water partition coefficient (Wildman–Crippen LogP) is 5.48. The van der Waals surface area contributed by atoms with Crippen molar-refractivity contribution in [3.8, 4) is 22.6 Å². The lowest BCUT2D eigenvalue weighted by Gasteiger charge is -2.19. The summed E-state index contributed by atoms with van der Waals surface area (Å²) in [6, 6.07) is 15.9. The van der Waals surface area contributed by atoms with Crippen LogP contribution < -0.4 is 20.5 Å². The van der Waals surface area contributed by atoms with E-state index in [0.717, 1.165) is 17.7 Å². The molecular weight excluding hydrogens is 433 g/mol. The molecule has 0 saturated heterocycles. The number of benzene rings is 3. The molecule has 0 bridgehead atoms. The number of hydrogen-bond acceptors (Lipinski definition) is 4. The Kier molecular flexibility index (Phi) is 5.05. The molecule has 1 aliphatic heterocycles. The number of anilines is 1. The smallest absolute Gasteiger partial charge is 0.416 e. The van der Waals surface area contributed by atoms with Gasteiger partial charge >= 0.3 is 6.18 Å². The molecule has 0 unspecified atom stereocenters. The number of halogens is 3. The zero-order valence-corrected chi connectivity index (χ0v) is 17.5. The summed E-state index contributed by atoms with van der Waals surface area (Å²) in [7, 11) is 0. The third-order valence-electron chi connectivity index (χ3n) is 6.18. The van der Waals surface area contributed by atoms with E-state index in [0.29, 0.717) is 41.0 Å². The van der Waals surface area contributed by atoms with Gasteiger partial charge in [-0.05, 0) is 65.4 Å². The first-order valence-electron chi connectivity index (χ1n) is 10.5. The van der Waals surface area contributed by atoms with Crippen LogP contribution in [0.15, 0.2) is 60.7 Å². The maximum absolute atomic E-state index is 13.7. The minimum absolute atomic E-state index is 0. The van der Waals surface area contributed by atoms with Gasteiger partial charge in [0.25, 0.3) is 0 Å². The highest BCUT2D eigenvalue weighted by Crippen LogP contribution is 2.51. The Labute approximate surface area is 189 Å². The fourth-order valence-electron chi connectivity index (χ4n) is 4.22. The van der Waals surface area contributed by atoms with Crippen LogP contribution in [0.1, 0.15) is 31.0 Å². The second-order valence-corrected chi connectivity index (χ2v) is 8.26. The Morgan fingerprint density at radius 1 is 1.03 bits per heavy atom. The van der Waals surface area contributed by atoms with Crippen molar-refractivity contribution >= 4 is 11.6 Å². The molecule has 0 radical (unpaired) electrons. The van der Waals surface area contributed by atoms with Crippen molar-refractivity contribution in [3.63, 3.8) is 0 Å². The average molecular weight is 456 g/mol. The molecular formula is C25H23F3N2O3. The van der Waals surface area contributed by atoms with E-state index >= 15 is 0 Å². The predicted molar refractivity (Wildman–Crippen MR) is 119 cm³/mol. The molecule has 8 heteroatoms. The highest BCUT2D eigenvalue weighted by atomic mass is 19.4. The van der Waals surface area contributed by atoms with E-state index < -0.39 is 17.2 Å². The Morgan fingerprint density at radius 2 is 1.79 bits per heavy atom. The van der Waals surface area contributed by atoms with Crippen LogP contribution in [0.3, 0.4) is 0 Å². The van der Waals surface area contributed by atoms with Crippen molar-refractivity contribution in [1.82, 2.24) is 0 Å². The summed E-state index contributed by atoms with van der Waals surface area (Å²) >= 11 is 0. The molecule has 3 aromatic carbocycles. The van der Waals surface area contributed by atoms with E-state index in [9.17, 15) is 18.0 Å². The molecule has 3 N–H and O–H groups in total. The first-order chi connectivity index (χ1) is 15.8. The summed E-state index contributed by atoms with van der Waals surface area (Å²) in [6.45, 7) is 0.302. The van der Waals surface area contributed by atoms with Gasteiger partial charge < -0.3 is 20.5 Å². The molecule has 3 aromatic rings. The van der Waals surface area contributed by atoms with Gasteiger partial charge in [-0.3, -0.25) is 4.79 Å². The number of hydrogen-bond donors (Lipinski definition) is 2. The van der Waals surface area contributed by atoms with Gasteiger partial charge in [-0.1, -0.05) is 30.3 Å². The molecule has 0 aromatic heterocycles. The summed E-state index contributed by atoms with van der Waals surface area (Å²) in [4.78, 5) is 13.2. The Bertz CT molecular complexity index is 1240. The number of nitrogens with two attached hydrogens (primary N) is 1. The maximum atomic E-state index is 13.7. The Morgan fingerprint density at radius 3 is 2.52 bits per heavy atom. The number of rotatable bonds is 5. The van der Waals surface area contributed by atoms with E-state index in [1.165, 1.54) is 0 Å². The second kappa shape index (κ2) is 7.81. The van der Waals surface area contributed by atoms with Gasteiger partial charge in [0.1, 0.15) is 0 Å². The van der Waals surface area contributed by atoms with Gasteiger partial charge in [-0.15, -0.1) is 0 Å². The van der Waals surface area contributed by atoms with Gasteiger partial charge in [0.2, 0.25) is 12.7 Å². The first-order valence-corrected chi connectivity index (χ1v) is 10.5. The molecule has 1 fully saturated rings. The molecule has 1 aliphatic carbocycles. The fourth-order valence-corrected chi connectivity index (χ4v) is 4.22. The van der Waals surface area contributed by atoms with Crippen LogP contribution in [0.4, 0.5) is 18.9 Å². The minimum Gasteiger partial charge on any atom is -0.454 e. The Hall–Kier alpha value is -3.52. The van der Waals surface area contributed by atoms with Crippen molar-refractivity contribution in [2.24, 2.45) is 5.73 Å². The first kappa shape index (κ1) is 21.3. The highest BCUT2D eigenvalue weighted by Gasteiger charge is 2.51. The van der Waals surface area contributed by atoms with Crippen LogP contribution in [0.25, 0.3) is 11.1 Å². The molecule has 33 heavy (non-hydrogen) atoms. The van der Waals surface area contributed by atoms with Crippen molar-refractivity contribution in [2.75, 3.05) is 12.1 Å². The van der Waals surface area contributed by atoms with Crippen LogP contribution in [-0.4, -0.2) is 12.7 Å². The molecule has 5 rings (SSSR count). The summed E-state index contributed by atoms with van der Waals surface area (Å²) in [6.07, 6.45) is -3.37. The van der Waals surface area contributed by atoms with E-state index in [2.05, 4.69) is 5.32 Å². The van der Waals surface area contributed by atoms with Crippen LogP contribution in [0, 0.1) is 0 Å². The lowest BCUT2D eigenvalue weighted by atomic mass is 9.93. The number of carbonyl (C=O) groups is 1. The van der Waals surface area contributed by atoms with Crippen LogP contribution >= 0.6 is 0 Å². The zero-order valence-electron chi connectivity index (χ0n) is 17.5. The summed E-state index contributed by atoms with van der Waals surface area (Å²) in [5, 5.41) is 2.73. The third-order valence-corrected chi connectivity index (χ3v) is 6.18. The van der Waals surface area contributed by atoms with Gasteiger partial charge in [0.15, 0.2) is 11.5 Å². The average Bonchev–Trinajstić information content (AvgIpc) is 3.49. The van der Waals surface area contributed by atoms with E-state index in [-0.39, 0.29) is 26.4 Å². The summed E-state index contributed by atoms with van der Waals surface area (Å²) < 4.78 is 51.7. The van der Waals surface area contributed by atoms with Crippen molar-refractivity contribution < 1.29 is 28.9 Å². The summed E-state index contributed by atoms with van der Waals surface area (Å²) in [5.74, 6) is 0.820. The van der Waals surface area contributed by atoms with Crippen LogP contribution in [-0.2, 0) is 22.9 Å². The zero-order chi connectivity index (χ0) is 23.2. The number of ether oxygens (including phenoxy) is 2. The standard InChI is InChI=1S/C25H21F3N2O3.H2/c26-25(27,28)18-9-16(20-4-2-1-3-15(20)13-29)10-19(11-18)30-23(31)24(7-8-24)17-5-6-21-22(12-17)33-14-32-21;/h1-6,9-12H,7-8,13-14,29H2,(H,30,31);1H. The van der Waals surface area contributed by atoms with Crippen molar-refractivity contribution in [1.29, 1.82) is 0 Å². The quantitative estimate of drug-likeness (QED) is 0.534. The van der Waals surface area contributed by atoms with Crippen LogP contribution in [0.5, 0.6) is 11.5 Å². The van der Waals surface area contributed by atoms with Crippen molar-refractivity contribution in [2.45, 2.75) is 31.0 Å². The molecule has 0 spiro atoms. The highest BCUT2D eigenvalue weighted by molar-refractivity contribution is 6.02. The minimum atomic E-state index is -4.57. The summed E-state index contributed by atoms with van der Waals surface area (Å²) in [5.41, 5.74) is 6.64. The topological polar surface area (TPSA) is 73.6 Å². The lowest BCUT2D eigenvalue weighted by molar-refractivity contribution is -0.137. The molecule has 172 valence electrons. The van der Waals surface area contributed by atoms with Crippen molar-refractivity contribution in [3.05, 3.63) is 77.4 Å². The molecule has 1 saturated carbocycles. The monoisotopic (exact) mass is 456 g/mol. The van der Waals surface area contributed by atoms with E-state index in [4.69, 9.17) is 15.2 Å². The van der Waals surface area contributed by atoms with E-state index in [1.807, 2.05) is 0 Å². The van der Waals surface area contributed by atoms with Gasteiger partial charge in [-0.2, -0.15) is 13.2 Å². The Balaban J connectivity index is 0.00000274. The second-order valence-electron chi connectivity index (χ2n) is 8.26. The number of fused-ring (bicyclic) bond motifs is 1. The van der Waals surface area contributed by atoms with E-state index in [1.54, 1.807) is 48.5 Å². The molecule has 2 aliphatic rings. The van der Waals surface area contributed by atoms with Gasteiger partial charge in [-0.25, -0.2) is 0 Å². The fraction of sp³-hybridized carbons (Fsp3) is 0.240. The number of nitrogens with one attached hydrogen (secondary N) is 1. The van der Waals surface area contributed by atoms with Gasteiger partial charge in [0.05, 0.1) is 11.0 Å². The van der Waals surface area contributed by atoms with Crippen LogP contribution in [0.2, 0.25) is 0 Å². The number of carbonyl (C=O) groups excluding carboxylic acids is 1. The number of alkyl halides is 3. The molecule has 1 heterocycles. The molecule has 5 nitrogen and oxygen atoms in total. The SMILES string of the molecule is NCc1ccccc1-c1cc(NC(=O)C2(c3ccc4c(c3)OCO4)CC2)cc(C(F)(F)F)c1.[HH]. The van der Waals surface area contributed by atoms with Gasteiger partial charge in [0, 0.05) is 13.7 Å².